The van der Waals surface area contributed by atoms with Crippen molar-refractivity contribution in [1.29, 1.82) is 0 Å². The highest BCUT2D eigenvalue weighted by atomic mass is 79.9. The van der Waals surface area contributed by atoms with Gasteiger partial charge in [-0.05, 0) is 12.5 Å². The number of terminal acetylenes is 1. The van der Waals surface area contributed by atoms with Gasteiger partial charge in [0.05, 0.1) is 16.8 Å². The number of hydrogen-bond acceptors (Lipinski definition) is 4. The Hall–Kier alpha value is -1.88. The van der Waals surface area contributed by atoms with Gasteiger partial charge < -0.3 is 9.84 Å². The lowest BCUT2D eigenvalue weighted by atomic mass is 9.91. The molecule has 1 heterocycles. The molecule has 1 aliphatic carbocycles. The van der Waals surface area contributed by atoms with Crippen molar-refractivity contribution < 1.29 is 23.8 Å². The third-order valence-corrected chi connectivity index (χ3v) is 5.30. The molecular weight excluding hydrogens is 417 g/mol. The van der Waals surface area contributed by atoms with E-state index in [4.69, 9.17) is 22.8 Å². The summed E-state index contributed by atoms with van der Waals surface area (Å²) < 4.78 is 19.6. The van der Waals surface area contributed by atoms with E-state index < -0.39 is 23.7 Å². The van der Waals surface area contributed by atoms with Crippen molar-refractivity contribution in [2.75, 3.05) is 11.5 Å². The molecule has 8 heteroatoms. The molecule has 0 saturated carbocycles. The summed E-state index contributed by atoms with van der Waals surface area (Å²) in [5.74, 6) is 0.222. The molecule has 2 atom stereocenters. The number of halogens is 3. The Bertz CT molecular complexity index is 816. The third kappa shape index (κ3) is 3.06. The first kappa shape index (κ1) is 17.9. The number of aliphatic hydroxyl groups is 1. The lowest BCUT2D eigenvalue weighted by Crippen LogP contribution is -2.32. The Morgan fingerprint density at radius 2 is 2.00 bits per heavy atom. The molecule has 1 aliphatic heterocycles. The van der Waals surface area contributed by atoms with E-state index in [2.05, 4.69) is 21.9 Å². The first-order chi connectivity index (χ1) is 11.8. The number of carbonyl (C=O) groups excluding carboxylic acids is 2. The molecule has 2 unspecified atom stereocenters. The first-order valence-electron chi connectivity index (χ1n) is 7.33. The average Bonchev–Trinajstić information content (AvgIpc) is 2.79. The molecule has 2 amide bonds. The van der Waals surface area contributed by atoms with Gasteiger partial charge in [0.25, 0.3) is 11.8 Å². The zero-order valence-electron chi connectivity index (χ0n) is 12.8. The van der Waals surface area contributed by atoms with Crippen LogP contribution in [-0.4, -0.2) is 34.5 Å². The van der Waals surface area contributed by atoms with E-state index in [1.54, 1.807) is 0 Å². The third-order valence-electron chi connectivity index (χ3n) is 4.07. The molecule has 25 heavy (non-hydrogen) atoms. The number of rotatable bonds is 3. The molecule has 1 aromatic rings. The molecule has 0 saturated heterocycles. The van der Waals surface area contributed by atoms with E-state index in [1.165, 1.54) is 6.07 Å². The van der Waals surface area contributed by atoms with Gasteiger partial charge in [0.2, 0.25) is 0 Å². The molecule has 0 spiro atoms. The molecule has 0 radical (unpaired) electrons. The van der Waals surface area contributed by atoms with E-state index in [9.17, 15) is 19.1 Å². The molecule has 3 rings (SSSR count). The fourth-order valence-electron chi connectivity index (χ4n) is 2.85. The number of imide groups is 1. The van der Waals surface area contributed by atoms with E-state index in [0.717, 1.165) is 11.0 Å². The van der Waals surface area contributed by atoms with Crippen LogP contribution in [0.3, 0.4) is 0 Å². The molecule has 130 valence electrons. The number of aliphatic hydroxyl groups excluding tert-OH is 1. The summed E-state index contributed by atoms with van der Waals surface area (Å²) in [6, 6.07) is 2.13. The highest BCUT2D eigenvalue weighted by molar-refractivity contribution is 9.09. The molecular formula is C17H12BrClFNO4. The van der Waals surface area contributed by atoms with Gasteiger partial charge in [0.1, 0.15) is 18.2 Å². The molecule has 0 bridgehead atoms. The number of nitrogens with zero attached hydrogens (tertiary/aromatic N) is 1. The number of benzene rings is 1. The second-order valence-electron chi connectivity index (χ2n) is 5.62. The molecule has 1 N–H and O–H groups in total. The Labute approximate surface area is 156 Å². The second-order valence-corrected chi connectivity index (χ2v) is 7.20. The molecule has 0 aromatic heterocycles. The topological polar surface area (TPSA) is 66.8 Å². The van der Waals surface area contributed by atoms with Gasteiger partial charge in [-0.15, -0.1) is 6.42 Å². The monoisotopic (exact) mass is 427 g/mol. The van der Waals surface area contributed by atoms with Crippen molar-refractivity contribution in [3.05, 3.63) is 34.1 Å². The average molecular weight is 429 g/mol. The summed E-state index contributed by atoms with van der Waals surface area (Å²) in [6.07, 6.45) is 4.55. The summed E-state index contributed by atoms with van der Waals surface area (Å²) in [7, 11) is 0. The highest BCUT2D eigenvalue weighted by Gasteiger charge is 2.45. The van der Waals surface area contributed by atoms with Crippen molar-refractivity contribution in [3.63, 3.8) is 0 Å². The lowest BCUT2D eigenvalue weighted by Gasteiger charge is -2.22. The number of anilines is 1. The van der Waals surface area contributed by atoms with Crippen LogP contribution in [0.5, 0.6) is 5.75 Å². The normalized spacial score (nSPS) is 22.9. The predicted octanol–water partition coefficient (Wildman–Crippen LogP) is 2.58. The number of ether oxygens (including phenoxy) is 1. The van der Waals surface area contributed by atoms with Crippen molar-refractivity contribution in [1.82, 2.24) is 0 Å². The Balaban J connectivity index is 2.00. The maximum absolute atomic E-state index is 14.4. The van der Waals surface area contributed by atoms with Gasteiger partial charge in [-0.2, -0.15) is 0 Å². The number of carbonyl (C=O) groups is 2. The zero-order valence-corrected chi connectivity index (χ0v) is 15.1. The number of hydrogen-bond donors (Lipinski definition) is 1. The Morgan fingerprint density at radius 3 is 2.64 bits per heavy atom. The fraction of sp³-hybridized carbons (Fsp3) is 0.294. The van der Waals surface area contributed by atoms with Crippen molar-refractivity contribution >= 4 is 45.0 Å². The van der Waals surface area contributed by atoms with Gasteiger partial charge in [-0.25, -0.2) is 9.29 Å². The Kier molecular flexibility index (Phi) is 4.87. The van der Waals surface area contributed by atoms with Crippen LogP contribution in [0.4, 0.5) is 10.1 Å². The summed E-state index contributed by atoms with van der Waals surface area (Å²) in [5.41, 5.74) is 0.215. The van der Waals surface area contributed by atoms with Gasteiger partial charge in [-0.1, -0.05) is 33.5 Å². The lowest BCUT2D eigenvalue weighted by molar-refractivity contribution is -0.120. The van der Waals surface area contributed by atoms with Crippen molar-refractivity contribution in [3.8, 4) is 18.1 Å². The van der Waals surface area contributed by atoms with Crippen molar-refractivity contribution in [2.45, 2.75) is 23.8 Å². The minimum absolute atomic E-state index is 0.0238. The van der Waals surface area contributed by atoms with Crippen LogP contribution in [0.2, 0.25) is 5.02 Å². The maximum Gasteiger partial charge on any atom is 0.261 e. The molecule has 2 aliphatic rings. The second kappa shape index (κ2) is 6.79. The largest absolute Gasteiger partial charge is 0.479 e. The van der Waals surface area contributed by atoms with Crippen LogP contribution in [0, 0.1) is 18.2 Å². The standard InChI is InChI=1S/C17H12BrClFNO4/c1-2-3-25-15-7-13(12(20)6-11(15)19)21-16(23)8-4-10(18)14(22)5-9(8)17(21)24/h1,6-7,10,14,22H,3-5H2. The van der Waals surface area contributed by atoms with E-state index in [0.29, 0.717) is 0 Å². The van der Waals surface area contributed by atoms with Gasteiger partial charge in [0, 0.05) is 28.5 Å². The molecule has 5 nitrogen and oxygen atoms in total. The summed E-state index contributed by atoms with van der Waals surface area (Å²) >= 11 is 9.19. The summed E-state index contributed by atoms with van der Waals surface area (Å²) in [4.78, 5) is 25.7. The fourth-order valence-corrected chi connectivity index (χ4v) is 3.56. The predicted molar refractivity (Wildman–Crippen MR) is 93.2 cm³/mol. The number of amides is 2. The smallest absolute Gasteiger partial charge is 0.261 e. The van der Waals surface area contributed by atoms with Crippen molar-refractivity contribution in [2.24, 2.45) is 0 Å². The molecule has 0 fully saturated rings. The van der Waals surface area contributed by atoms with Crippen LogP contribution in [0.15, 0.2) is 23.3 Å². The summed E-state index contributed by atoms with van der Waals surface area (Å²) in [6.45, 7) is -0.0983. The zero-order chi connectivity index (χ0) is 18.3. The first-order valence-corrected chi connectivity index (χ1v) is 8.62. The number of alkyl halides is 1. The van der Waals surface area contributed by atoms with Gasteiger partial charge in [0.15, 0.2) is 0 Å². The SMILES string of the molecule is C#CCOc1cc(N2C(=O)C3=C(CC(Br)C(O)C3)C2=O)c(F)cc1Cl. The highest BCUT2D eigenvalue weighted by Crippen LogP contribution is 2.40. The van der Waals surface area contributed by atoms with Gasteiger partial charge in [-0.3, -0.25) is 9.59 Å². The summed E-state index contributed by atoms with van der Waals surface area (Å²) in [5, 5.41) is 9.90. The van der Waals surface area contributed by atoms with E-state index >= 15 is 0 Å². The molecule has 1 aromatic carbocycles. The van der Waals surface area contributed by atoms with E-state index in [-0.39, 0.29) is 51.9 Å². The van der Waals surface area contributed by atoms with Crippen LogP contribution >= 0.6 is 27.5 Å². The van der Waals surface area contributed by atoms with Gasteiger partial charge >= 0.3 is 0 Å². The maximum atomic E-state index is 14.4. The van der Waals surface area contributed by atoms with Crippen LogP contribution in [-0.2, 0) is 9.59 Å². The van der Waals surface area contributed by atoms with Crippen LogP contribution in [0.25, 0.3) is 0 Å². The van der Waals surface area contributed by atoms with Crippen LogP contribution < -0.4 is 9.64 Å². The minimum Gasteiger partial charge on any atom is -0.479 e. The van der Waals surface area contributed by atoms with E-state index in [1.807, 2.05) is 0 Å². The Morgan fingerprint density at radius 1 is 1.36 bits per heavy atom. The van der Waals surface area contributed by atoms with Crippen LogP contribution in [0.1, 0.15) is 12.8 Å². The quantitative estimate of drug-likeness (QED) is 0.457. The minimum atomic E-state index is -0.837.